The second-order valence-corrected chi connectivity index (χ2v) is 7.65. The average molecular weight is 352 g/mol. The number of nitrogens with zero attached hydrogens (tertiary/aromatic N) is 1. The Bertz CT molecular complexity index is 768. The van der Waals surface area contributed by atoms with Crippen molar-refractivity contribution in [2.75, 3.05) is 6.54 Å². The maximum Gasteiger partial charge on any atom is 0.254 e. The Morgan fingerprint density at radius 2 is 1.76 bits per heavy atom. The maximum atomic E-state index is 13.1. The lowest BCUT2D eigenvalue weighted by Gasteiger charge is -2.29. The lowest BCUT2D eigenvalue weighted by molar-refractivity contribution is 0.0705. The van der Waals surface area contributed by atoms with Crippen LogP contribution in [0.3, 0.4) is 0 Å². The van der Waals surface area contributed by atoms with E-state index in [1.54, 1.807) is 12.1 Å². The number of benzene rings is 2. The van der Waals surface area contributed by atoms with E-state index in [9.17, 15) is 4.79 Å². The molecule has 2 aromatic carbocycles. The number of hydrogen-bond acceptors (Lipinski definition) is 1. The number of rotatable bonds is 5. The van der Waals surface area contributed by atoms with Crippen molar-refractivity contribution in [2.45, 2.75) is 19.4 Å². The van der Waals surface area contributed by atoms with Crippen molar-refractivity contribution < 1.29 is 4.79 Å². The van der Waals surface area contributed by atoms with Crippen LogP contribution in [0, 0.1) is 17.8 Å². The average Bonchev–Trinajstić information content (AvgIpc) is 3.25. The SMILES string of the molecule is O=C(c1ccc(Cl)cc1)N(Cc1ccccc1)CC1CC2C=CC1C2. The molecule has 1 amide bonds. The number of halogens is 1. The Morgan fingerprint density at radius 1 is 1.00 bits per heavy atom. The second kappa shape index (κ2) is 7.05. The third-order valence-electron chi connectivity index (χ3n) is 5.47. The topological polar surface area (TPSA) is 20.3 Å². The highest BCUT2D eigenvalue weighted by Crippen LogP contribution is 2.43. The van der Waals surface area contributed by atoms with E-state index in [0.717, 1.165) is 12.5 Å². The fourth-order valence-electron chi connectivity index (χ4n) is 4.19. The molecular formula is C22H22ClNO. The van der Waals surface area contributed by atoms with Crippen LogP contribution in [0.1, 0.15) is 28.8 Å². The summed E-state index contributed by atoms with van der Waals surface area (Å²) in [5.41, 5.74) is 1.88. The molecule has 2 aliphatic carbocycles. The molecule has 1 fully saturated rings. The largest absolute Gasteiger partial charge is 0.334 e. The zero-order valence-electron chi connectivity index (χ0n) is 14.1. The zero-order valence-corrected chi connectivity index (χ0v) is 14.9. The van der Waals surface area contributed by atoms with Crippen LogP contribution in [-0.2, 0) is 6.54 Å². The predicted octanol–water partition coefficient (Wildman–Crippen LogP) is 5.19. The molecule has 2 bridgehead atoms. The van der Waals surface area contributed by atoms with E-state index in [2.05, 4.69) is 24.3 Å². The van der Waals surface area contributed by atoms with Crippen LogP contribution in [0.2, 0.25) is 5.02 Å². The summed E-state index contributed by atoms with van der Waals surface area (Å²) in [5, 5.41) is 0.657. The third kappa shape index (κ3) is 3.64. The highest BCUT2D eigenvalue weighted by molar-refractivity contribution is 6.30. The van der Waals surface area contributed by atoms with Gasteiger partial charge in [-0.1, -0.05) is 54.1 Å². The maximum absolute atomic E-state index is 13.1. The molecule has 0 saturated heterocycles. The number of amides is 1. The molecular weight excluding hydrogens is 330 g/mol. The monoisotopic (exact) mass is 351 g/mol. The van der Waals surface area contributed by atoms with Gasteiger partial charge in [0.2, 0.25) is 0 Å². The van der Waals surface area contributed by atoms with Crippen LogP contribution in [0.15, 0.2) is 66.7 Å². The molecule has 0 aliphatic heterocycles. The summed E-state index contributed by atoms with van der Waals surface area (Å²) in [5.74, 6) is 2.03. The summed E-state index contributed by atoms with van der Waals surface area (Å²) in [6.45, 7) is 1.47. The molecule has 1 saturated carbocycles. The molecule has 0 radical (unpaired) electrons. The molecule has 2 aliphatic rings. The van der Waals surface area contributed by atoms with Crippen LogP contribution in [-0.4, -0.2) is 17.4 Å². The fraction of sp³-hybridized carbons (Fsp3) is 0.318. The minimum atomic E-state index is 0.0901. The summed E-state index contributed by atoms with van der Waals surface area (Å²) >= 11 is 5.97. The third-order valence-corrected chi connectivity index (χ3v) is 5.72. The van der Waals surface area contributed by atoms with E-state index in [4.69, 9.17) is 11.6 Å². The molecule has 3 heteroatoms. The van der Waals surface area contributed by atoms with Gasteiger partial charge in [-0.15, -0.1) is 0 Å². The van der Waals surface area contributed by atoms with Crippen molar-refractivity contribution in [3.05, 3.63) is 82.9 Å². The Balaban J connectivity index is 1.55. The van der Waals surface area contributed by atoms with Crippen LogP contribution < -0.4 is 0 Å². The van der Waals surface area contributed by atoms with Gasteiger partial charge in [0.1, 0.15) is 0 Å². The van der Waals surface area contributed by atoms with Gasteiger partial charge in [-0.3, -0.25) is 4.79 Å². The Hall–Kier alpha value is -2.06. The molecule has 4 rings (SSSR count). The lowest BCUT2D eigenvalue weighted by Crippen LogP contribution is -2.36. The molecule has 25 heavy (non-hydrogen) atoms. The summed E-state index contributed by atoms with van der Waals surface area (Å²) < 4.78 is 0. The highest BCUT2D eigenvalue weighted by atomic mass is 35.5. The lowest BCUT2D eigenvalue weighted by atomic mass is 9.92. The van der Waals surface area contributed by atoms with E-state index in [1.807, 2.05) is 35.2 Å². The quantitative estimate of drug-likeness (QED) is 0.678. The zero-order chi connectivity index (χ0) is 17.2. The standard InChI is InChI=1S/C22H22ClNO/c23-21-10-8-18(9-11-21)22(25)24(14-16-4-2-1-3-5-16)15-20-13-17-6-7-19(20)12-17/h1-11,17,19-20H,12-15H2. The molecule has 128 valence electrons. The molecule has 2 aromatic rings. The smallest absolute Gasteiger partial charge is 0.254 e. The van der Waals surface area contributed by atoms with E-state index < -0.39 is 0 Å². The number of hydrogen-bond donors (Lipinski definition) is 0. The molecule has 0 heterocycles. The Morgan fingerprint density at radius 3 is 2.40 bits per heavy atom. The Labute approximate surface area is 154 Å². The van der Waals surface area contributed by atoms with Gasteiger partial charge >= 0.3 is 0 Å². The molecule has 0 N–H and O–H groups in total. The van der Waals surface area contributed by atoms with Gasteiger partial charge in [0, 0.05) is 23.7 Å². The van der Waals surface area contributed by atoms with Gasteiger partial charge < -0.3 is 4.90 Å². The van der Waals surface area contributed by atoms with Gasteiger partial charge in [0.25, 0.3) is 5.91 Å². The summed E-state index contributed by atoms with van der Waals surface area (Å²) in [6.07, 6.45) is 7.18. The Kier molecular flexibility index (Phi) is 4.63. The van der Waals surface area contributed by atoms with E-state index >= 15 is 0 Å². The van der Waals surface area contributed by atoms with Crippen LogP contribution in [0.4, 0.5) is 0 Å². The van der Waals surface area contributed by atoms with Gasteiger partial charge in [0.15, 0.2) is 0 Å². The normalized spacial score (nSPS) is 23.8. The fourth-order valence-corrected chi connectivity index (χ4v) is 4.31. The first-order chi connectivity index (χ1) is 12.2. The number of allylic oxidation sites excluding steroid dienone is 2. The van der Waals surface area contributed by atoms with Crippen molar-refractivity contribution in [2.24, 2.45) is 17.8 Å². The first kappa shape index (κ1) is 16.4. The van der Waals surface area contributed by atoms with Crippen molar-refractivity contribution in [3.8, 4) is 0 Å². The van der Waals surface area contributed by atoms with Crippen molar-refractivity contribution in [3.63, 3.8) is 0 Å². The first-order valence-electron chi connectivity index (χ1n) is 8.96. The van der Waals surface area contributed by atoms with Crippen LogP contribution in [0.25, 0.3) is 0 Å². The number of carbonyl (C=O) groups is 1. The van der Waals surface area contributed by atoms with Crippen molar-refractivity contribution in [1.29, 1.82) is 0 Å². The predicted molar refractivity (Wildman–Crippen MR) is 101 cm³/mol. The van der Waals surface area contributed by atoms with Crippen molar-refractivity contribution in [1.82, 2.24) is 4.90 Å². The van der Waals surface area contributed by atoms with Crippen LogP contribution in [0.5, 0.6) is 0 Å². The van der Waals surface area contributed by atoms with Gasteiger partial charge in [-0.05, 0) is 60.4 Å². The molecule has 3 unspecified atom stereocenters. The second-order valence-electron chi connectivity index (χ2n) is 7.22. The number of carbonyl (C=O) groups excluding carboxylic acids is 1. The van der Waals surface area contributed by atoms with E-state index in [0.29, 0.717) is 29.0 Å². The summed E-state index contributed by atoms with van der Waals surface area (Å²) in [4.78, 5) is 15.1. The molecule has 3 atom stereocenters. The van der Waals surface area contributed by atoms with E-state index in [-0.39, 0.29) is 5.91 Å². The van der Waals surface area contributed by atoms with Gasteiger partial charge in [-0.2, -0.15) is 0 Å². The molecule has 0 spiro atoms. The number of fused-ring (bicyclic) bond motifs is 2. The van der Waals surface area contributed by atoms with Crippen LogP contribution >= 0.6 is 11.6 Å². The first-order valence-corrected chi connectivity index (χ1v) is 9.34. The van der Waals surface area contributed by atoms with E-state index in [1.165, 1.54) is 18.4 Å². The minimum Gasteiger partial charge on any atom is -0.334 e. The molecule has 2 nitrogen and oxygen atoms in total. The summed E-state index contributed by atoms with van der Waals surface area (Å²) in [7, 11) is 0. The van der Waals surface area contributed by atoms with Gasteiger partial charge in [-0.25, -0.2) is 0 Å². The molecule has 0 aromatic heterocycles. The minimum absolute atomic E-state index is 0.0901. The van der Waals surface area contributed by atoms with Gasteiger partial charge in [0.05, 0.1) is 0 Å². The summed E-state index contributed by atoms with van der Waals surface area (Å²) in [6, 6.07) is 17.5. The van der Waals surface area contributed by atoms with Crippen molar-refractivity contribution >= 4 is 17.5 Å². The highest BCUT2D eigenvalue weighted by Gasteiger charge is 2.37.